The molecule has 0 aliphatic heterocycles. The number of hydrogen-bond acceptors (Lipinski definition) is 6. The van der Waals surface area contributed by atoms with Gasteiger partial charge in [-0.25, -0.2) is 8.42 Å². The van der Waals surface area contributed by atoms with E-state index in [9.17, 15) is 8.42 Å². The topological polar surface area (TPSA) is 73.1 Å². The number of nitrogens with zero attached hydrogens (tertiary/aromatic N) is 2. The number of aryl methyl sites for hydroxylation is 1. The highest BCUT2D eigenvalue weighted by Crippen LogP contribution is 2.14. The van der Waals surface area contributed by atoms with Crippen LogP contribution < -0.4 is 0 Å². The Hall–Kier alpha value is -1.34. The molecule has 0 unspecified atom stereocenters. The summed E-state index contributed by atoms with van der Waals surface area (Å²) in [7, 11) is -2.90. The van der Waals surface area contributed by atoms with Crippen LogP contribution in [0.1, 0.15) is 22.8 Å². The molecule has 21 heavy (non-hydrogen) atoms. The van der Waals surface area contributed by atoms with Gasteiger partial charge in [-0.3, -0.25) is 0 Å². The summed E-state index contributed by atoms with van der Waals surface area (Å²) in [6.07, 6.45) is 1.86. The summed E-state index contributed by atoms with van der Waals surface area (Å²) in [5.74, 6) is 2.47. The van der Waals surface area contributed by atoms with Crippen LogP contribution in [-0.2, 0) is 22.0 Å². The van der Waals surface area contributed by atoms with Gasteiger partial charge in [-0.1, -0.05) is 29.4 Å². The maximum Gasteiger partial charge on any atom is 0.231 e. The predicted octanol–water partition coefficient (Wildman–Crippen LogP) is 2.25. The van der Waals surface area contributed by atoms with Crippen molar-refractivity contribution < 1.29 is 12.9 Å². The first kappa shape index (κ1) is 16.0. The van der Waals surface area contributed by atoms with Gasteiger partial charge in [0.05, 0.1) is 17.9 Å². The molecule has 0 N–H and O–H groups in total. The lowest BCUT2D eigenvalue weighted by molar-refractivity contribution is 0.381. The lowest BCUT2D eigenvalue weighted by atomic mass is 10.1. The zero-order valence-electron chi connectivity index (χ0n) is 12.1. The highest BCUT2D eigenvalue weighted by molar-refractivity contribution is 7.99. The van der Waals surface area contributed by atoms with Gasteiger partial charge in [0, 0.05) is 12.0 Å². The van der Waals surface area contributed by atoms with Crippen molar-refractivity contribution in [3.8, 4) is 0 Å². The van der Waals surface area contributed by atoms with Gasteiger partial charge in [-0.15, -0.1) is 0 Å². The Morgan fingerprint density at radius 2 is 2.05 bits per heavy atom. The Bertz CT molecular complexity index is 696. The minimum Gasteiger partial charge on any atom is -0.339 e. The van der Waals surface area contributed by atoms with E-state index in [1.165, 1.54) is 23.6 Å². The molecular weight excluding hydrogens is 308 g/mol. The molecule has 1 heterocycles. The molecule has 0 aliphatic rings. The van der Waals surface area contributed by atoms with Crippen LogP contribution in [0.25, 0.3) is 0 Å². The molecule has 0 amide bonds. The first-order chi connectivity index (χ1) is 9.94. The Morgan fingerprint density at radius 3 is 2.76 bits per heavy atom. The van der Waals surface area contributed by atoms with Crippen molar-refractivity contribution in [3.05, 3.63) is 47.1 Å². The fourth-order valence-electron chi connectivity index (χ4n) is 1.77. The van der Waals surface area contributed by atoms with Crippen LogP contribution in [0.4, 0.5) is 0 Å². The molecule has 2 aromatic rings. The average Bonchev–Trinajstić information content (AvgIpc) is 2.84. The smallest absolute Gasteiger partial charge is 0.231 e. The van der Waals surface area contributed by atoms with E-state index >= 15 is 0 Å². The van der Waals surface area contributed by atoms with Crippen LogP contribution in [0.2, 0.25) is 0 Å². The van der Waals surface area contributed by atoms with E-state index in [0.717, 1.165) is 5.56 Å². The monoisotopic (exact) mass is 326 g/mol. The number of thioether (sulfide) groups is 1. The van der Waals surface area contributed by atoms with E-state index < -0.39 is 9.84 Å². The Balaban J connectivity index is 1.86. The summed E-state index contributed by atoms with van der Waals surface area (Å²) < 4.78 is 27.3. The third-order valence-electron chi connectivity index (χ3n) is 2.94. The van der Waals surface area contributed by atoms with Gasteiger partial charge < -0.3 is 4.52 Å². The number of hydrogen-bond donors (Lipinski definition) is 0. The van der Waals surface area contributed by atoms with Gasteiger partial charge in [0.25, 0.3) is 0 Å². The van der Waals surface area contributed by atoms with E-state index in [0.29, 0.717) is 29.6 Å². The molecule has 0 aliphatic carbocycles. The summed E-state index contributed by atoms with van der Waals surface area (Å²) in [5.41, 5.74) is 2.36. The van der Waals surface area contributed by atoms with Crippen LogP contribution in [-0.4, -0.2) is 36.3 Å². The minimum absolute atomic E-state index is 0.172. The van der Waals surface area contributed by atoms with Crippen molar-refractivity contribution in [2.45, 2.75) is 19.1 Å². The van der Waals surface area contributed by atoms with Crippen LogP contribution in [0.5, 0.6) is 0 Å². The van der Waals surface area contributed by atoms with E-state index in [1.807, 2.05) is 31.2 Å². The fraction of sp³-hybridized carbons (Fsp3) is 0.429. The van der Waals surface area contributed by atoms with E-state index in [1.54, 1.807) is 0 Å². The third kappa shape index (κ3) is 5.51. The Labute approximate surface area is 129 Å². The molecule has 0 bridgehead atoms. The largest absolute Gasteiger partial charge is 0.339 e. The van der Waals surface area contributed by atoms with Crippen molar-refractivity contribution in [2.75, 3.05) is 17.8 Å². The Kier molecular flexibility index (Phi) is 5.41. The molecule has 114 valence electrons. The number of rotatable bonds is 7. The van der Waals surface area contributed by atoms with Crippen LogP contribution in [0.15, 0.2) is 28.8 Å². The lowest BCUT2D eigenvalue weighted by Crippen LogP contribution is -2.05. The molecule has 5 nitrogen and oxygen atoms in total. The molecule has 0 radical (unpaired) electrons. The van der Waals surface area contributed by atoms with Gasteiger partial charge in [0.1, 0.15) is 9.84 Å². The predicted molar refractivity (Wildman–Crippen MR) is 84.2 cm³/mol. The maximum absolute atomic E-state index is 11.0. The van der Waals surface area contributed by atoms with Crippen LogP contribution in [0, 0.1) is 6.92 Å². The maximum atomic E-state index is 11.0. The summed E-state index contributed by atoms with van der Waals surface area (Å²) in [6.45, 7) is 2.05. The van der Waals surface area contributed by atoms with Crippen LogP contribution in [0.3, 0.4) is 0 Å². The standard InChI is InChI=1S/C14H18N2O3S2/c1-11-5-3-4-6-12(11)9-14-15-13(16-19-14)10-20-7-8-21(2,17)18/h3-6H,7-10H2,1-2H3. The number of benzene rings is 1. The summed E-state index contributed by atoms with van der Waals surface area (Å²) in [5, 5.41) is 3.92. The lowest BCUT2D eigenvalue weighted by Gasteiger charge is -2.00. The molecule has 0 fully saturated rings. The zero-order chi connectivity index (χ0) is 15.3. The van der Waals surface area contributed by atoms with Gasteiger partial charge in [0.2, 0.25) is 5.89 Å². The van der Waals surface area contributed by atoms with Crippen LogP contribution >= 0.6 is 11.8 Å². The van der Waals surface area contributed by atoms with Gasteiger partial charge in [0.15, 0.2) is 5.82 Å². The molecular formula is C14H18N2O3S2. The number of aromatic nitrogens is 2. The molecule has 1 aromatic carbocycles. The fourth-order valence-corrected chi connectivity index (χ4v) is 3.89. The number of sulfone groups is 1. The summed E-state index contributed by atoms with van der Waals surface area (Å²) >= 11 is 1.49. The van der Waals surface area contributed by atoms with Crippen molar-refractivity contribution in [1.29, 1.82) is 0 Å². The molecule has 1 aromatic heterocycles. The minimum atomic E-state index is -2.90. The summed E-state index contributed by atoms with van der Waals surface area (Å²) in [6, 6.07) is 8.07. The zero-order valence-corrected chi connectivity index (χ0v) is 13.7. The SMILES string of the molecule is Cc1ccccc1Cc1nc(CSCCS(C)(=O)=O)no1. The molecule has 0 spiro atoms. The second-order valence-electron chi connectivity index (χ2n) is 4.89. The van der Waals surface area contributed by atoms with E-state index in [4.69, 9.17) is 4.52 Å². The quantitative estimate of drug-likeness (QED) is 0.727. The first-order valence-electron chi connectivity index (χ1n) is 6.55. The highest BCUT2D eigenvalue weighted by Gasteiger charge is 2.09. The van der Waals surface area contributed by atoms with Gasteiger partial charge >= 0.3 is 0 Å². The van der Waals surface area contributed by atoms with E-state index in [-0.39, 0.29) is 5.75 Å². The average molecular weight is 326 g/mol. The Morgan fingerprint density at radius 1 is 1.29 bits per heavy atom. The second kappa shape index (κ2) is 7.09. The molecule has 2 rings (SSSR count). The highest BCUT2D eigenvalue weighted by atomic mass is 32.2. The van der Waals surface area contributed by atoms with Gasteiger partial charge in [-0.2, -0.15) is 16.7 Å². The molecule has 0 saturated heterocycles. The van der Waals surface area contributed by atoms with Gasteiger partial charge in [-0.05, 0) is 18.1 Å². The normalized spacial score (nSPS) is 11.7. The molecule has 0 atom stereocenters. The molecule has 7 heteroatoms. The van der Waals surface area contributed by atoms with E-state index in [2.05, 4.69) is 10.1 Å². The van der Waals surface area contributed by atoms with Crippen molar-refractivity contribution in [1.82, 2.24) is 10.1 Å². The second-order valence-corrected chi connectivity index (χ2v) is 8.25. The van der Waals surface area contributed by atoms with Crippen molar-refractivity contribution in [2.24, 2.45) is 0 Å². The van der Waals surface area contributed by atoms with Crippen molar-refractivity contribution >= 4 is 21.6 Å². The van der Waals surface area contributed by atoms with Crippen molar-refractivity contribution in [3.63, 3.8) is 0 Å². The first-order valence-corrected chi connectivity index (χ1v) is 9.77. The molecule has 0 saturated carbocycles. The summed E-state index contributed by atoms with van der Waals surface area (Å²) in [4.78, 5) is 4.33. The third-order valence-corrected chi connectivity index (χ3v) is 5.10.